The summed E-state index contributed by atoms with van der Waals surface area (Å²) in [6, 6.07) is 13.8. The average Bonchev–Trinajstić information content (AvgIpc) is 3.07. The third-order valence-corrected chi connectivity index (χ3v) is 7.49. The van der Waals surface area contributed by atoms with Gasteiger partial charge in [-0.05, 0) is 57.5 Å². The van der Waals surface area contributed by atoms with Crippen LogP contribution in [0.2, 0.25) is 0 Å². The monoisotopic (exact) mass is 473 g/mol. The summed E-state index contributed by atoms with van der Waals surface area (Å²) in [7, 11) is -3.59. The number of hydrogen-bond acceptors (Lipinski definition) is 6. The molecule has 0 saturated carbocycles. The number of hydrogen-bond donors (Lipinski definition) is 2. The maximum absolute atomic E-state index is 12.9. The van der Waals surface area contributed by atoms with Gasteiger partial charge < -0.3 is 9.84 Å². The summed E-state index contributed by atoms with van der Waals surface area (Å²) in [5, 5.41) is 6.87. The summed E-state index contributed by atoms with van der Waals surface area (Å²) in [4.78, 5) is 13.9. The zero-order valence-corrected chi connectivity index (χ0v) is 20.1. The molecular weight excluding hydrogens is 446 g/mol. The van der Waals surface area contributed by atoms with Gasteiger partial charge in [0.15, 0.2) is 0 Å². The van der Waals surface area contributed by atoms with Crippen molar-refractivity contribution in [1.29, 1.82) is 0 Å². The Labute approximate surface area is 193 Å². The maximum atomic E-state index is 12.9. The molecule has 0 atom stereocenters. The summed E-state index contributed by atoms with van der Waals surface area (Å²) >= 11 is 1.55. The van der Waals surface area contributed by atoms with Gasteiger partial charge in [0.25, 0.3) is 5.91 Å². The smallest absolute Gasteiger partial charge is 0.252 e. The first-order valence-corrected chi connectivity index (χ1v) is 12.7. The van der Waals surface area contributed by atoms with E-state index in [9.17, 15) is 13.2 Å². The van der Waals surface area contributed by atoms with Crippen LogP contribution in [0, 0.1) is 13.8 Å². The van der Waals surface area contributed by atoms with Crippen LogP contribution in [-0.2, 0) is 22.3 Å². The summed E-state index contributed by atoms with van der Waals surface area (Å²) in [6.07, 6.45) is 0. The lowest BCUT2D eigenvalue weighted by Crippen LogP contribution is -2.30. The molecule has 0 aliphatic rings. The highest BCUT2D eigenvalue weighted by Gasteiger charge is 2.17. The van der Waals surface area contributed by atoms with Crippen LogP contribution in [0.5, 0.6) is 0 Å². The lowest BCUT2D eigenvalue weighted by Gasteiger charge is -2.12. The van der Waals surface area contributed by atoms with Crippen molar-refractivity contribution >= 4 is 27.7 Å². The van der Waals surface area contributed by atoms with E-state index in [0.717, 1.165) is 21.9 Å². The molecule has 2 N–H and O–H groups in total. The molecule has 1 aromatic heterocycles. The molecule has 32 heavy (non-hydrogen) atoms. The van der Waals surface area contributed by atoms with E-state index >= 15 is 0 Å². The Morgan fingerprint density at radius 2 is 1.88 bits per heavy atom. The van der Waals surface area contributed by atoms with Crippen molar-refractivity contribution in [3.05, 3.63) is 76.7 Å². The zero-order valence-electron chi connectivity index (χ0n) is 18.5. The maximum Gasteiger partial charge on any atom is 0.252 e. The van der Waals surface area contributed by atoms with Gasteiger partial charge in [-0.15, -0.1) is 11.8 Å². The minimum Gasteiger partial charge on any atom is -0.361 e. The molecular formula is C23H27N3O4S2. The summed E-state index contributed by atoms with van der Waals surface area (Å²) < 4.78 is 32.6. The van der Waals surface area contributed by atoms with Crippen molar-refractivity contribution in [3.63, 3.8) is 0 Å². The highest BCUT2D eigenvalue weighted by Crippen LogP contribution is 2.28. The van der Waals surface area contributed by atoms with Gasteiger partial charge in [0, 0.05) is 28.8 Å². The number of amides is 1. The van der Waals surface area contributed by atoms with Crippen LogP contribution in [0.3, 0.4) is 0 Å². The number of nitrogens with one attached hydrogen (secondary N) is 2. The van der Waals surface area contributed by atoms with E-state index in [4.69, 9.17) is 4.52 Å². The highest BCUT2D eigenvalue weighted by atomic mass is 32.2. The predicted molar refractivity (Wildman–Crippen MR) is 125 cm³/mol. The first kappa shape index (κ1) is 24.0. The minimum absolute atomic E-state index is 0.174. The summed E-state index contributed by atoms with van der Waals surface area (Å²) in [5.74, 6) is 1.20. The minimum atomic E-state index is -3.59. The second-order valence-electron chi connectivity index (χ2n) is 7.69. The second-order valence-corrected chi connectivity index (χ2v) is 10.4. The topological polar surface area (TPSA) is 101 Å². The first-order chi connectivity index (χ1) is 15.2. The number of carbonyl (C=O) groups excluding carboxylic acids is 1. The Morgan fingerprint density at radius 1 is 1.12 bits per heavy atom. The number of thioether (sulfide) groups is 1. The van der Waals surface area contributed by atoms with Crippen LogP contribution in [0.1, 0.15) is 46.8 Å². The molecule has 3 rings (SSSR count). The van der Waals surface area contributed by atoms with Gasteiger partial charge in [0.05, 0.1) is 16.2 Å². The Morgan fingerprint density at radius 3 is 2.56 bits per heavy atom. The van der Waals surface area contributed by atoms with E-state index in [0.29, 0.717) is 16.9 Å². The Hall–Kier alpha value is -2.62. The standard InChI is InChI=1S/C23H27N3O4S2/c1-15(2)26-32(28,29)19-9-7-8-18(12-19)13-24-23(27)20-10-5-6-11-22(20)31-14-21-16(3)25-30-17(21)4/h5-12,15,26H,13-14H2,1-4H3,(H,24,27). The molecule has 0 radical (unpaired) electrons. The molecule has 2 aromatic carbocycles. The summed E-state index contributed by atoms with van der Waals surface area (Å²) in [5.41, 5.74) is 3.14. The van der Waals surface area contributed by atoms with Gasteiger partial charge in [-0.25, -0.2) is 13.1 Å². The van der Waals surface area contributed by atoms with Crippen LogP contribution < -0.4 is 10.0 Å². The number of carbonyl (C=O) groups is 1. The molecule has 0 unspecified atom stereocenters. The molecule has 7 nitrogen and oxygen atoms in total. The van der Waals surface area contributed by atoms with E-state index in [2.05, 4.69) is 15.2 Å². The third kappa shape index (κ3) is 5.99. The number of nitrogens with zero attached hydrogens (tertiary/aromatic N) is 1. The molecule has 0 fully saturated rings. The average molecular weight is 474 g/mol. The third-order valence-electron chi connectivity index (χ3n) is 4.74. The van der Waals surface area contributed by atoms with Crippen LogP contribution in [-0.4, -0.2) is 25.5 Å². The van der Waals surface area contributed by atoms with Gasteiger partial charge in [-0.3, -0.25) is 4.79 Å². The van der Waals surface area contributed by atoms with E-state index < -0.39 is 10.0 Å². The van der Waals surface area contributed by atoms with Gasteiger partial charge >= 0.3 is 0 Å². The molecule has 9 heteroatoms. The fraction of sp³-hybridized carbons (Fsp3) is 0.304. The van der Waals surface area contributed by atoms with Crippen molar-refractivity contribution in [1.82, 2.24) is 15.2 Å². The normalized spacial score (nSPS) is 11.7. The van der Waals surface area contributed by atoms with Crippen molar-refractivity contribution < 1.29 is 17.7 Å². The molecule has 170 valence electrons. The van der Waals surface area contributed by atoms with Gasteiger partial charge in [-0.1, -0.05) is 29.4 Å². The van der Waals surface area contributed by atoms with E-state index in [1.165, 1.54) is 6.07 Å². The summed E-state index contributed by atoms with van der Waals surface area (Å²) in [6.45, 7) is 7.52. The SMILES string of the molecule is Cc1noc(C)c1CSc1ccccc1C(=O)NCc1cccc(S(=O)(=O)NC(C)C)c1. The Balaban J connectivity index is 1.69. The molecule has 1 amide bonds. The predicted octanol–water partition coefficient (Wildman–Crippen LogP) is 4.20. The van der Waals surface area contributed by atoms with E-state index in [1.54, 1.807) is 49.9 Å². The van der Waals surface area contributed by atoms with E-state index in [1.807, 2.05) is 32.0 Å². The number of benzene rings is 2. The molecule has 3 aromatic rings. The van der Waals surface area contributed by atoms with E-state index in [-0.39, 0.29) is 23.4 Å². The number of aryl methyl sites for hydroxylation is 2. The van der Waals surface area contributed by atoms with Crippen LogP contribution in [0.15, 0.2) is 62.8 Å². The zero-order chi connectivity index (χ0) is 23.3. The van der Waals surface area contributed by atoms with Crippen molar-refractivity contribution in [3.8, 4) is 0 Å². The number of sulfonamides is 1. The van der Waals surface area contributed by atoms with Crippen LogP contribution in [0.25, 0.3) is 0 Å². The molecule has 0 aliphatic carbocycles. The molecule has 0 bridgehead atoms. The fourth-order valence-electron chi connectivity index (χ4n) is 3.12. The fourth-order valence-corrected chi connectivity index (χ4v) is 5.64. The second kappa shape index (κ2) is 10.3. The van der Waals surface area contributed by atoms with Crippen molar-refractivity contribution in [2.45, 2.75) is 55.8 Å². The Kier molecular flexibility index (Phi) is 7.76. The van der Waals surface area contributed by atoms with Gasteiger partial charge in [-0.2, -0.15) is 0 Å². The van der Waals surface area contributed by atoms with Crippen molar-refractivity contribution in [2.24, 2.45) is 0 Å². The van der Waals surface area contributed by atoms with Crippen molar-refractivity contribution in [2.75, 3.05) is 0 Å². The Bertz CT molecular complexity index is 1180. The first-order valence-electron chi connectivity index (χ1n) is 10.2. The number of rotatable bonds is 9. The van der Waals surface area contributed by atoms with Crippen LogP contribution >= 0.6 is 11.8 Å². The van der Waals surface area contributed by atoms with Gasteiger partial charge in [0.2, 0.25) is 10.0 Å². The van der Waals surface area contributed by atoms with Crippen LogP contribution in [0.4, 0.5) is 0 Å². The van der Waals surface area contributed by atoms with Gasteiger partial charge in [0.1, 0.15) is 5.76 Å². The highest BCUT2D eigenvalue weighted by molar-refractivity contribution is 7.98. The lowest BCUT2D eigenvalue weighted by molar-refractivity contribution is 0.0948. The largest absolute Gasteiger partial charge is 0.361 e. The molecule has 0 aliphatic heterocycles. The molecule has 0 saturated heterocycles. The molecule has 0 spiro atoms. The quantitative estimate of drug-likeness (QED) is 0.452. The number of aromatic nitrogens is 1. The molecule has 1 heterocycles. The lowest BCUT2D eigenvalue weighted by atomic mass is 10.2.